The van der Waals surface area contributed by atoms with Gasteiger partial charge in [-0.25, -0.2) is 0 Å². The molecule has 116 valence electrons. The Hall–Kier alpha value is -1.55. The lowest BCUT2D eigenvalue weighted by atomic mass is 10.0. The molecule has 0 amide bonds. The summed E-state index contributed by atoms with van der Waals surface area (Å²) in [6.45, 7) is 10.7. The van der Waals surface area contributed by atoms with Crippen molar-refractivity contribution in [3.05, 3.63) is 40.6 Å². The average molecular weight is 289 g/mol. The lowest BCUT2D eigenvalue weighted by molar-refractivity contribution is 0.373. The third-order valence-electron chi connectivity index (χ3n) is 4.23. The monoisotopic (exact) mass is 289 g/mol. The summed E-state index contributed by atoms with van der Waals surface area (Å²) in [5.41, 5.74) is 3.65. The van der Waals surface area contributed by atoms with E-state index in [2.05, 4.69) is 57.2 Å². The highest BCUT2D eigenvalue weighted by molar-refractivity contribution is 5.28. The molecule has 4 nitrogen and oxygen atoms in total. The fourth-order valence-corrected chi connectivity index (χ4v) is 2.90. The number of rotatable bonds is 6. The Morgan fingerprint density at radius 2 is 2.00 bits per heavy atom. The summed E-state index contributed by atoms with van der Waals surface area (Å²) >= 11 is 0. The highest BCUT2D eigenvalue weighted by Crippen LogP contribution is 2.27. The minimum Gasteiger partial charge on any atom is -0.464 e. The van der Waals surface area contributed by atoms with Gasteiger partial charge in [-0.05, 0) is 39.3 Å². The highest BCUT2D eigenvalue weighted by Gasteiger charge is 2.21. The van der Waals surface area contributed by atoms with Crippen molar-refractivity contribution in [3.8, 4) is 0 Å². The zero-order chi connectivity index (χ0) is 15.6. The van der Waals surface area contributed by atoms with Gasteiger partial charge in [0.1, 0.15) is 11.5 Å². The first-order valence-corrected chi connectivity index (χ1v) is 7.82. The van der Waals surface area contributed by atoms with Gasteiger partial charge >= 0.3 is 0 Å². The van der Waals surface area contributed by atoms with Gasteiger partial charge in [0.05, 0.1) is 11.7 Å². The van der Waals surface area contributed by atoms with Gasteiger partial charge in [0.2, 0.25) is 0 Å². The maximum atomic E-state index is 5.86. The lowest BCUT2D eigenvalue weighted by Gasteiger charge is -2.22. The van der Waals surface area contributed by atoms with Crippen molar-refractivity contribution in [1.29, 1.82) is 0 Å². The van der Waals surface area contributed by atoms with E-state index in [0.717, 1.165) is 30.1 Å². The molecule has 2 aromatic heterocycles. The topological polar surface area (TPSA) is 43.0 Å². The average Bonchev–Trinajstić information content (AvgIpc) is 3.03. The Morgan fingerprint density at radius 1 is 1.29 bits per heavy atom. The number of aromatic nitrogens is 2. The molecule has 0 aromatic carbocycles. The predicted octanol–water partition coefficient (Wildman–Crippen LogP) is 3.99. The first kappa shape index (κ1) is 15.8. The van der Waals surface area contributed by atoms with Crippen molar-refractivity contribution in [2.75, 3.05) is 0 Å². The summed E-state index contributed by atoms with van der Waals surface area (Å²) in [4.78, 5) is 0. The minimum absolute atomic E-state index is 0.189. The molecule has 1 N–H and O–H groups in total. The van der Waals surface area contributed by atoms with Crippen molar-refractivity contribution in [3.63, 3.8) is 0 Å². The van der Waals surface area contributed by atoms with Crippen LogP contribution in [0.25, 0.3) is 0 Å². The first-order valence-electron chi connectivity index (χ1n) is 7.82. The molecule has 2 atom stereocenters. The Morgan fingerprint density at radius 3 is 2.48 bits per heavy atom. The van der Waals surface area contributed by atoms with Gasteiger partial charge in [-0.3, -0.25) is 4.68 Å². The minimum atomic E-state index is 0.189. The summed E-state index contributed by atoms with van der Waals surface area (Å²) < 4.78 is 7.82. The van der Waals surface area contributed by atoms with Gasteiger partial charge in [0.15, 0.2) is 0 Å². The van der Waals surface area contributed by atoms with Crippen LogP contribution in [0.15, 0.2) is 16.5 Å². The molecular weight excluding hydrogens is 262 g/mol. The van der Waals surface area contributed by atoms with Crippen LogP contribution in [0.3, 0.4) is 0 Å². The summed E-state index contributed by atoms with van der Waals surface area (Å²) in [5.74, 6) is 2.05. The van der Waals surface area contributed by atoms with E-state index in [0.29, 0.717) is 6.04 Å². The number of nitrogens with one attached hydrogen (secondary N) is 1. The molecule has 2 rings (SSSR count). The Kier molecular flexibility index (Phi) is 4.88. The summed E-state index contributed by atoms with van der Waals surface area (Å²) in [5, 5.41) is 8.21. The number of nitrogens with zero attached hydrogens (tertiary/aromatic N) is 2. The second-order valence-corrected chi connectivity index (χ2v) is 5.71. The van der Waals surface area contributed by atoms with Crippen LogP contribution in [-0.2, 0) is 13.5 Å². The molecule has 2 heterocycles. The van der Waals surface area contributed by atoms with Gasteiger partial charge in [0, 0.05) is 30.8 Å². The van der Waals surface area contributed by atoms with Crippen LogP contribution in [0.5, 0.6) is 0 Å². The summed E-state index contributed by atoms with van der Waals surface area (Å²) in [6.07, 6.45) is 1.96. The maximum Gasteiger partial charge on any atom is 0.120 e. The van der Waals surface area contributed by atoms with Crippen molar-refractivity contribution in [2.24, 2.45) is 7.05 Å². The molecule has 4 heteroatoms. The van der Waals surface area contributed by atoms with Crippen LogP contribution >= 0.6 is 0 Å². The molecule has 0 spiro atoms. The number of hydrogen-bond acceptors (Lipinski definition) is 3. The van der Waals surface area contributed by atoms with Gasteiger partial charge in [-0.15, -0.1) is 0 Å². The van der Waals surface area contributed by atoms with Crippen molar-refractivity contribution in [1.82, 2.24) is 15.1 Å². The summed E-state index contributed by atoms with van der Waals surface area (Å²) in [6, 6.07) is 4.62. The Balaban J connectivity index is 2.18. The normalized spacial score (nSPS) is 14.4. The van der Waals surface area contributed by atoms with E-state index in [4.69, 9.17) is 4.42 Å². The Bertz CT molecular complexity index is 597. The summed E-state index contributed by atoms with van der Waals surface area (Å²) in [7, 11) is 2.00. The lowest BCUT2D eigenvalue weighted by Crippen LogP contribution is -2.25. The van der Waals surface area contributed by atoms with Crippen LogP contribution in [0, 0.1) is 13.8 Å². The SMILES string of the molecule is CCc1ccc(C(C)NC(CC)c2c(C)nn(C)c2C)o1. The standard InChI is InChI=1S/C17H27N3O/c1-7-14-9-10-16(21-14)11(3)18-15(8-2)17-12(4)19-20(6)13(17)5/h9-11,15,18H,7-8H2,1-6H3. The first-order chi connectivity index (χ1) is 9.97. The van der Waals surface area contributed by atoms with E-state index in [1.54, 1.807) is 0 Å². The fourth-order valence-electron chi connectivity index (χ4n) is 2.90. The van der Waals surface area contributed by atoms with Gasteiger partial charge < -0.3 is 9.73 Å². The third-order valence-corrected chi connectivity index (χ3v) is 4.23. The number of aryl methyl sites for hydroxylation is 3. The fraction of sp³-hybridized carbons (Fsp3) is 0.588. The molecular formula is C17H27N3O. The maximum absolute atomic E-state index is 5.86. The highest BCUT2D eigenvalue weighted by atomic mass is 16.3. The molecule has 0 aliphatic carbocycles. The van der Waals surface area contributed by atoms with Crippen LogP contribution in [0.4, 0.5) is 0 Å². The number of hydrogen-bond donors (Lipinski definition) is 1. The second-order valence-electron chi connectivity index (χ2n) is 5.71. The molecule has 2 aromatic rings. The molecule has 0 saturated carbocycles. The smallest absolute Gasteiger partial charge is 0.120 e. The van der Waals surface area contributed by atoms with Crippen LogP contribution < -0.4 is 5.32 Å². The molecule has 0 aliphatic rings. The van der Waals surface area contributed by atoms with Crippen molar-refractivity contribution < 1.29 is 4.42 Å². The molecule has 0 saturated heterocycles. The van der Waals surface area contributed by atoms with Gasteiger partial charge in [-0.2, -0.15) is 5.10 Å². The van der Waals surface area contributed by atoms with Crippen LogP contribution in [0.1, 0.15) is 67.7 Å². The predicted molar refractivity (Wildman–Crippen MR) is 85.4 cm³/mol. The van der Waals surface area contributed by atoms with E-state index in [-0.39, 0.29) is 6.04 Å². The molecule has 2 unspecified atom stereocenters. The van der Waals surface area contributed by atoms with Crippen molar-refractivity contribution in [2.45, 2.75) is 59.5 Å². The van der Waals surface area contributed by atoms with Crippen LogP contribution in [-0.4, -0.2) is 9.78 Å². The molecule has 0 fully saturated rings. The van der Waals surface area contributed by atoms with E-state index in [1.807, 2.05) is 11.7 Å². The molecule has 0 bridgehead atoms. The van der Waals surface area contributed by atoms with E-state index < -0.39 is 0 Å². The largest absolute Gasteiger partial charge is 0.464 e. The van der Waals surface area contributed by atoms with Crippen LogP contribution in [0.2, 0.25) is 0 Å². The Labute approximate surface area is 127 Å². The second kappa shape index (κ2) is 6.48. The third kappa shape index (κ3) is 3.21. The van der Waals surface area contributed by atoms with E-state index in [9.17, 15) is 0 Å². The quantitative estimate of drug-likeness (QED) is 0.874. The molecule has 21 heavy (non-hydrogen) atoms. The zero-order valence-corrected chi connectivity index (χ0v) is 14.0. The zero-order valence-electron chi connectivity index (χ0n) is 14.0. The van der Waals surface area contributed by atoms with Gasteiger partial charge in [-0.1, -0.05) is 13.8 Å². The molecule has 0 aliphatic heterocycles. The van der Waals surface area contributed by atoms with E-state index >= 15 is 0 Å². The van der Waals surface area contributed by atoms with Gasteiger partial charge in [0.25, 0.3) is 0 Å². The number of furan rings is 1. The van der Waals surface area contributed by atoms with E-state index in [1.165, 1.54) is 11.3 Å². The molecule has 0 radical (unpaired) electrons. The van der Waals surface area contributed by atoms with Crippen molar-refractivity contribution >= 4 is 0 Å².